The van der Waals surface area contributed by atoms with Crippen LogP contribution in [0.4, 0.5) is 4.79 Å². The summed E-state index contributed by atoms with van der Waals surface area (Å²) in [5, 5.41) is 9.13. The van der Waals surface area contributed by atoms with Crippen molar-refractivity contribution in [3.63, 3.8) is 0 Å². The zero-order valence-corrected chi connectivity index (χ0v) is 20.3. The summed E-state index contributed by atoms with van der Waals surface area (Å²) in [6, 6.07) is 20.0. The fourth-order valence-corrected chi connectivity index (χ4v) is 4.37. The van der Waals surface area contributed by atoms with Gasteiger partial charge in [0.25, 0.3) is 0 Å². The van der Waals surface area contributed by atoms with Gasteiger partial charge in [-0.3, -0.25) is 9.69 Å². The van der Waals surface area contributed by atoms with Crippen molar-refractivity contribution in [1.29, 1.82) is 0 Å². The first-order chi connectivity index (χ1) is 16.4. The zero-order chi connectivity index (χ0) is 24.2. The molecule has 176 valence electrons. The van der Waals surface area contributed by atoms with Gasteiger partial charge in [0.1, 0.15) is 11.9 Å². The van der Waals surface area contributed by atoms with Gasteiger partial charge < -0.3 is 19.3 Å². The van der Waals surface area contributed by atoms with E-state index in [0.29, 0.717) is 22.8 Å². The number of halogens is 1. The van der Waals surface area contributed by atoms with Gasteiger partial charge in [0.2, 0.25) is 0 Å². The second-order valence-electron chi connectivity index (χ2n) is 7.99. The number of amides is 1. The Bertz CT molecular complexity index is 1200. The Balaban J connectivity index is 1.61. The Morgan fingerprint density at radius 1 is 1.06 bits per heavy atom. The van der Waals surface area contributed by atoms with E-state index in [4.69, 9.17) is 19.3 Å². The number of cyclic esters (lactones) is 1. The number of rotatable bonds is 8. The first kappa shape index (κ1) is 23.6. The number of hydrogen-bond acceptors (Lipinski definition) is 5. The van der Waals surface area contributed by atoms with Crippen LogP contribution in [-0.2, 0) is 22.5 Å². The summed E-state index contributed by atoms with van der Waals surface area (Å²) in [4.78, 5) is 25.6. The standard InChI is InChI=1S/C26H24BrNO6/c1-16-25(18-6-4-3-5-7-18)34-26(31)28(16)15-19-14-20(27)9-11-21(19)33-23-12-17(13-24(29)30)8-10-22(23)32-2/h3-12,14,16,25H,13,15H2,1-2H3,(H,29,30). The Labute approximate surface area is 206 Å². The van der Waals surface area contributed by atoms with Crippen LogP contribution in [-0.4, -0.2) is 35.2 Å². The fourth-order valence-electron chi connectivity index (χ4n) is 3.96. The molecule has 3 aromatic carbocycles. The van der Waals surface area contributed by atoms with Crippen LogP contribution in [0.15, 0.2) is 71.2 Å². The number of ether oxygens (including phenoxy) is 3. The van der Waals surface area contributed by atoms with E-state index in [0.717, 1.165) is 15.6 Å². The number of nitrogens with zero attached hydrogens (tertiary/aromatic N) is 1. The Morgan fingerprint density at radius 2 is 1.79 bits per heavy atom. The third-order valence-electron chi connectivity index (χ3n) is 5.69. The SMILES string of the molecule is COc1ccc(CC(=O)O)cc1Oc1ccc(Br)cc1CN1C(=O)OC(c2ccccc2)C1C. The number of carbonyl (C=O) groups is 2. The zero-order valence-electron chi connectivity index (χ0n) is 18.7. The summed E-state index contributed by atoms with van der Waals surface area (Å²) in [7, 11) is 1.52. The van der Waals surface area contributed by atoms with Crippen molar-refractivity contribution >= 4 is 28.0 Å². The Kier molecular flexibility index (Phi) is 7.07. The van der Waals surface area contributed by atoms with Gasteiger partial charge in [0.05, 0.1) is 26.1 Å². The molecule has 0 bridgehead atoms. The Hall–Kier alpha value is -3.52. The normalized spacial score (nSPS) is 17.4. The molecule has 0 spiro atoms. The predicted molar refractivity (Wildman–Crippen MR) is 129 cm³/mol. The highest BCUT2D eigenvalue weighted by Gasteiger charge is 2.39. The van der Waals surface area contributed by atoms with E-state index in [-0.39, 0.29) is 25.1 Å². The number of methoxy groups -OCH3 is 1. The van der Waals surface area contributed by atoms with Crippen molar-refractivity contribution < 1.29 is 28.9 Å². The molecule has 1 N–H and O–H groups in total. The second kappa shape index (κ2) is 10.2. The minimum atomic E-state index is -0.935. The molecule has 1 fully saturated rings. The van der Waals surface area contributed by atoms with Gasteiger partial charge >= 0.3 is 12.1 Å². The molecule has 3 aromatic rings. The molecular weight excluding hydrogens is 502 g/mol. The molecule has 34 heavy (non-hydrogen) atoms. The first-order valence-electron chi connectivity index (χ1n) is 10.7. The van der Waals surface area contributed by atoms with Crippen molar-refractivity contribution in [2.24, 2.45) is 0 Å². The smallest absolute Gasteiger partial charge is 0.411 e. The molecule has 1 aliphatic heterocycles. The fraction of sp³-hybridized carbons (Fsp3) is 0.231. The highest BCUT2D eigenvalue weighted by molar-refractivity contribution is 9.10. The van der Waals surface area contributed by atoms with Gasteiger partial charge in [0.15, 0.2) is 11.5 Å². The minimum Gasteiger partial charge on any atom is -0.493 e. The van der Waals surface area contributed by atoms with Gasteiger partial charge in [-0.2, -0.15) is 0 Å². The van der Waals surface area contributed by atoms with Gasteiger partial charge in [-0.05, 0) is 48.4 Å². The van der Waals surface area contributed by atoms with Crippen LogP contribution in [0.3, 0.4) is 0 Å². The van der Waals surface area contributed by atoms with Gasteiger partial charge in [-0.1, -0.05) is 52.3 Å². The minimum absolute atomic E-state index is 0.133. The second-order valence-corrected chi connectivity index (χ2v) is 8.91. The summed E-state index contributed by atoms with van der Waals surface area (Å²) in [5.74, 6) is 0.456. The molecule has 0 radical (unpaired) electrons. The number of benzene rings is 3. The van der Waals surface area contributed by atoms with Crippen LogP contribution in [0.2, 0.25) is 0 Å². The lowest BCUT2D eigenvalue weighted by molar-refractivity contribution is -0.136. The van der Waals surface area contributed by atoms with Crippen molar-refractivity contribution in [1.82, 2.24) is 4.90 Å². The maximum Gasteiger partial charge on any atom is 0.411 e. The molecule has 1 aliphatic rings. The molecule has 2 atom stereocenters. The van der Waals surface area contributed by atoms with Gasteiger partial charge in [0, 0.05) is 10.0 Å². The average molecular weight is 526 g/mol. The lowest BCUT2D eigenvalue weighted by Crippen LogP contribution is -2.31. The van der Waals surface area contributed by atoms with E-state index < -0.39 is 12.1 Å². The summed E-state index contributed by atoms with van der Waals surface area (Å²) in [6.07, 6.45) is -0.891. The highest BCUT2D eigenvalue weighted by Crippen LogP contribution is 2.38. The number of carboxylic acid groups (broad SMARTS) is 1. The summed E-state index contributed by atoms with van der Waals surface area (Å²) >= 11 is 3.50. The molecule has 1 saturated heterocycles. The molecule has 1 heterocycles. The topological polar surface area (TPSA) is 85.3 Å². The van der Waals surface area contributed by atoms with Crippen LogP contribution in [0.1, 0.15) is 29.7 Å². The van der Waals surface area contributed by atoms with Crippen LogP contribution in [0.25, 0.3) is 0 Å². The summed E-state index contributed by atoms with van der Waals surface area (Å²) < 4.78 is 18.1. The average Bonchev–Trinajstić information content (AvgIpc) is 3.09. The molecule has 4 rings (SSSR count). The molecule has 0 aromatic heterocycles. The van der Waals surface area contributed by atoms with Crippen LogP contribution >= 0.6 is 15.9 Å². The Morgan fingerprint density at radius 3 is 2.50 bits per heavy atom. The number of carboxylic acids is 1. The number of hydrogen-bond donors (Lipinski definition) is 1. The maximum atomic E-state index is 12.8. The van der Waals surface area contributed by atoms with E-state index >= 15 is 0 Å². The van der Waals surface area contributed by atoms with E-state index in [1.165, 1.54) is 7.11 Å². The lowest BCUT2D eigenvalue weighted by atomic mass is 10.0. The van der Waals surface area contributed by atoms with E-state index in [9.17, 15) is 9.59 Å². The maximum absolute atomic E-state index is 12.8. The third-order valence-corrected chi connectivity index (χ3v) is 6.18. The van der Waals surface area contributed by atoms with Crippen LogP contribution in [0, 0.1) is 0 Å². The number of aliphatic carboxylic acids is 1. The highest BCUT2D eigenvalue weighted by atomic mass is 79.9. The monoisotopic (exact) mass is 525 g/mol. The van der Waals surface area contributed by atoms with Gasteiger partial charge in [-0.25, -0.2) is 4.79 Å². The van der Waals surface area contributed by atoms with Crippen LogP contribution < -0.4 is 9.47 Å². The summed E-state index contributed by atoms with van der Waals surface area (Å²) in [5.41, 5.74) is 2.29. The molecule has 2 unspecified atom stereocenters. The van der Waals surface area contributed by atoms with E-state index in [1.54, 1.807) is 29.2 Å². The van der Waals surface area contributed by atoms with Gasteiger partial charge in [-0.15, -0.1) is 0 Å². The molecular formula is C26H24BrNO6. The quantitative estimate of drug-likeness (QED) is 0.390. The van der Waals surface area contributed by atoms with E-state index in [2.05, 4.69) is 15.9 Å². The summed E-state index contributed by atoms with van der Waals surface area (Å²) in [6.45, 7) is 2.23. The lowest BCUT2D eigenvalue weighted by Gasteiger charge is -2.22. The van der Waals surface area contributed by atoms with Crippen molar-refractivity contribution in [2.45, 2.75) is 32.0 Å². The molecule has 0 aliphatic carbocycles. The van der Waals surface area contributed by atoms with Crippen molar-refractivity contribution in [2.75, 3.05) is 7.11 Å². The number of carbonyl (C=O) groups excluding carboxylic acids is 1. The van der Waals surface area contributed by atoms with E-state index in [1.807, 2.05) is 49.4 Å². The van der Waals surface area contributed by atoms with Crippen LogP contribution in [0.5, 0.6) is 17.2 Å². The predicted octanol–water partition coefficient (Wildman–Crippen LogP) is 5.96. The van der Waals surface area contributed by atoms with Crippen molar-refractivity contribution in [3.05, 3.63) is 87.9 Å². The first-order valence-corrected chi connectivity index (χ1v) is 11.5. The molecule has 8 heteroatoms. The molecule has 7 nitrogen and oxygen atoms in total. The molecule has 1 amide bonds. The molecule has 0 saturated carbocycles. The van der Waals surface area contributed by atoms with Crippen molar-refractivity contribution in [3.8, 4) is 17.2 Å². The third kappa shape index (κ3) is 5.17. The largest absolute Gasteiger partial charge is 0.493 e.